The Bertz CT molecular complexity index is 754. The van der Waals surface area contributed by atoms with E-state index in [1.807, 2.05) is 0 Å². The number of carbonyl (C=O) groups is 6. The number of thioether (sulfide) groups is 2. The zero-order valence-corrected chi connectivity index (χ0v) is 21.3. The van der Waals surface area contributed by atoms with E-state index in [2.05, 4.69) is 16.0 Å². The predicted octanol–water partition coefficient (Wildman–Crippen LogP) is -0.911. The topological polar surface area (TPSA) is 225 Å². The van der Waals surface area contributed by atoms with Gasteiger partial charge in [-0.15, -0.1) is 0 Å². The lowest BCUT2D eigenvalue weighted by Crippen LogP contribution is -2.57. The summed E-state index contributed by atoms with van der Waals surface area (Å²) in [5.41, 5.74) is 5.66. The van der Waals surface area contributed by atoms with Crippen molar-refractivity contribution >= 4 is 59.2 Å². The summed E-state index contributed by atoms with van der Waals surface area (Å²) in [5, 5.41) is 34.3. The van der Waals surface area contributed by atoms with Gasteiger partial charge in [0.1, 0.15) is 18.1 Å². The Kier molecular flexibility index (Phi) is 16.6. The van der Waals surface area contributed by atoms with Crippen molar-refractivity contribution in [2.45, 2.75) is 62.7 Å². The predicted molar refractivity (Wildman–Crippen MR) is 131 cm³/mol. The first-order chi connectivity index (χ1) is 16.4. The number of carboxylic acid groups (broad SMARTS) is 3. The molecule has 13 nitrogen and oxygen atoms in total. The van der Waals surface area contributed by atoms with Crippen LogP contribution in [0.4, 0.5) is 0 Å². The fourth-order valence-electron chi connectivity index (χ4n) is 2.77. The molecule has 8 N–H and O–H groups in total. The molecule has 0 fully saturated rings. The lowest BCUT2D eigenvalue weighted by molar-refractivity contribution is -0.142. The van der Waals surface area contributed by atoms with Crippen LogP contribution >= 0.6 is 23.5 Å². The minimum Gasteiger partial charge on any atom is -0.481 e. The molecule has 0 aromatic heterocycles. The van der Waals surface area contributed by atoms with E-state index in [-0.39, 0.29) is 32.1 Å². The lowest BCUT2D eigenvalue weighted by Gasteiger charge is -2.25. The quantitative estimate of drug-likeness (QED) is 0.106. The summed E-state index contributed by atoms with van der Waals surface area (Å²) in [5.74, 6) is -5.06. The highest BCUT2D eigenvalue weighted by atomic mass is 32.2. The zero-order chi connectivity index (χ0) is 27.0. The average molecular weight is 539 g/mol. The SMILES string of the molecule is CSCCC(NC(=O)C(CCSC)NC(=O)C(CCC(=O)O)NC(=O)C(N)CCC(=O)O)C(=O)O. The smallest absolute Gasteiger partial charge is 0.326 e. The minimum atomic E-state index is -1.36. The number of hydrogen-bond acceptors (Lipinski definition) is 9. The number of nitrogens with two attached hydrogens (primary N) is 1. The van der Waals surface area contributed by atoms with Gasteiger partial charge in [0.25, 0.3) is 0 Å². The van der Waals surface area contributed by atoms with E-state index in [0.717, 1.165) is 0 Å². The maximum Gasteiger partial charge on any atom is 0.326 e. The van der Waals surface area contributed by atoms with Gasteiger partial charge >= 0.3 is 17.9 Å². The number of nitrogens with one attached hydrogen (secondary N) is 3. The van der Waals surface area contributed by atoms with Gasteiger partial charge in [-0.25, -0.2) is 4.79 Å². The fraction of sp³-hybridized carbons (Fsp3) is 0.700. The van der Waals surface area contributed by atoms with Gasteiger partial charge in [0, 0.05) is 12.8 Å². The zero-order valence-electron chi connectivity index (χ0n) is 19.7. The molecule has 4 atom stereocenters. The largest absolute Gasteiger partial charge is 0.481 e. The maximum atomic E-state index is 12.9. The highest BCUT2D eigenvalue weighted by molar-refractivity contribution is 7.98. The third-order valence-corrected chi connectivity index (χ3v) is 6.04. The van der Waals surface area contributed by atoms with E-state index in [1.165, 1.54) is 23.5 Å². The maximum absolute atomic E-state index is 12.9. The average Bonchev–Trinajstić information content (AvgIpc) is 2.79. The second kappa shape index (κ2) is 17.8. The van der Waals surface area contributed by atoms with Crippen molar-refractivity contribution in [2.75, 3.05) is 24.0 Å². The third kappa shape index (κ3) is 14.5. The molecule has 0 aliphatic carbocycles. The Morgan fingerprint density at radius 1 is 0.657 bits per heavy atom. The van der Waals surface area contributed by atoms with Gasteiger partial charge in [-0.1, -0.05) is 0 Å². The third-order valence-electron chi connectivity index (χ3n) is 4.75. The van der Waals surface area contributed by atoms with Crippen LogP contribution in [-0.2, 0) is 28.8 Å². The number of amides is 3. The number of carboxylic acids is 3. The summed E-state index contributed by atoms with van der Waals surface area (Å²) < 4.78 is 0. The molecule has 15 heteroatoms. The van der Waals surface area contributed by atoms with Crippen LogP contribution in [0.5, 0.6) is 0 Å². The normalized spacial score (nSPS) is 14.1. The van der Waals surface area contributed by atoms with Crippen LogP contribution in [0.15, 0.2) is 0 Å². The molecule has 0 saturated carbocycles. The van der Waals surface area contributed by atoms with Crippen LogP contribution in [0.3, 0.4) is 0 Å². The molecule has 35 heavy (non-hydrogen) atoms. The van der Waals surface area contributed by atoms with Crippen LogP contribution in [0, 0.1) is 0 Å². The molecule has 200 valence electrons. The molecule has 0 rings (SSSR count). The summed E-state index contributed by atoms with van der Waals surface area (Å²) in [6.45, 7) is 0. The van der Waals surface area contributed by atoms with Crippen LogP contribution in [-0.4, -0.2) is 99.1 Å². The minimum absolute atomic E-state index is 0.158. The van der Waals surface area contributed by atoms with Crippen molar-refractivity contribution in [3.05, 3.63) is 0 Å². The van der Waals surface area contributed by atoms with Gasteiger partial charge in [0.05, 0.1) is 6.04 Å². The van der Waals surface area contributed by atoms with E-state index in [0.29, 0.717) is 11.5 Å². The molecule has 0 bridgehead atoms. The lowest BCUT2D eigenvalue weighted by atomic mass is 10.1. The molecule has 0 radical (unpaired) electrons. The molecular weight excluding hydrogens is 504 g/mol. The van der Waals surface area contributed by atoms with Crippen molar-refractivity contribution in [3.63, 3.8) is 0 Å². The monoisotopic (exact) mass is 538 g/mol. The first-order valence-corrected chi connectivity index (χ1v) is 13.5. The molecule has 0 aromatic carbocycles. The molecule has 0 aromatic rings. The Balaban J connectivity index is 5.47. The second-order valence-electron chi connectivity index (χ2n) is 7.56. The fourth-order valence-corrected chi connectivity index (χ4v) is 3.71. The van der Waals surface area contributed by atoms with Gasteiger partial charge in [0.15, 0.2) is 0 Å². The number of rotatable bonds is 19. The van der Waals surface area contributed by atoms with E-state index in [4.69, 9.17) is 15.9 Å². The summed E-state index contributed by atoms with van der Waals surface area (Å²) in [6, 6.07) is -4.88. The van der Waals surface area contributed by atoms with Gasteiger partial charge < -0.3 is 37.0 Å². The molecular formula is C20H34N4O9S2. The molecule has 4 unspecified atom stereocenters. The van der Waals surface area contributed by atoms with Crippen LogP contribution in [0.1, 0.15) is 38.5 Å². The highest BCUT2D eigenvalue weighted by Gasteiger charge is 2.30. The second-order valence-corrected chi connectivity index (χ2v) is 9.53. The molecule has 0 spiro atoms. The van der Waals surface area contributed by atoms with Crippen LogP contribution < -0.4 is 21.7 Å². The summed E-state index contributed by atoms with van der Waals surface area (Å²) >= 11 is 2.81. The summed E-state index contributed by atoms with van der Waals surface area (Å²) in [7, 11) is 0. The van der Waals surface area contributed by atoms with Crippen LogP contribution in [0.2, 0.25) is 0 Å². The molecule has 0 saturated heterocycles. The molecule has 0 heterocycles. The Morgan fingerprint density at radius 3 is 1.51 bits per heavy atom. The van der Waals surface area contributed by atoms with Crippen molar-refractivity contribution in [3.8, 4) is 0 Å². The molecule has 0 aliphatic rings. The summed E-state index contributed by atoms with van der Waals surface area (Å²) in [4.78, 5) is 71.1. The first-order valence-electron chi connectivity index (χ1n) is 10.7. The number of hydrogen-bond donors (Lipinski definition) is 7. The van der Waals surface area contributed by atoms with Gasteiger partial charge in [0.2, 0.25) is 17.7 Å². The number of aliphatic carboxylic acids is 3. The van der Waals surface area contributed by atoms with Crippen molar-refractivity contribution in [2.24, 2.45) is 5.73 Å². The Hall–Kier alpha value is -2.52. The van der Waals surface area contributed by atoms with Gasteiger partial charge in [-0.05, 0) is 49.7 Å². The number of carbonyl (C=O) groups excluding carboxylic acids is 3. The van der Waals surface area contributed by atoms with Gasteiger partial charge in [-0.3, -0.25) is 24.0 Å². The van der Waals surface area contributed by atoms with Crippen molar-refractivity contribution in [1.29, 1.82) is 0 Å². The Morgan fingerprint density at radius 2 is 1.06 bits per heavy atom. The molecule has 0 aliphatic heterocycles. The highest BCUT2D eigenvalue weighted by Crippen LogP contribution is 2.07. The van der Waals surface area contributed by atoms with Crippen molar-refractivity contribution in [1.82, 2.24) is 16.0 Å². The van der Waals surface area contributed by atoms with Gasteiger partial charge in [-0.2, -0.15) is 23.5 Å². The van der Waals surface area contributed by atoms with E-state index >= 15 is 0 Å². The Labute approximate surface area is 211 Å². The van der Waals surface area contributed by atoms with Crippen molar-refractivity contribution < 1.29 is 44.1 Å². The summed E-state index contributed by atoms with van der Waals surface area (Å²) in [6.07, 6.45) is 2.56. The van der Waals surface area contributed by atoms with Crippen LogP contribution in [0.25, 0.3) is 0 Å². The van der Waals surface area contributed by atoms with E-state index in [9.17, 15) is 33.9 Å². The first kappa shape index (κ1) is 32.5. The van der Waals surface area contributed by atoms with E-state index in [1.54, 1.807) is 12.5 Å². The molecule has 3 amide bonds. The van der Waals surface area contributed by atoms with E-state index < -0.39 is 66.2 Å². The standard InChI is InChI=1S/C20H34N4O9S2/c1-34-9-7-13(19(31)24-14(20(32)33)8-10-35-2)23-18(30)12(4-6-16(27)28)22-17(29)11(21)3-5-15(25)26/h11-14H,3-10,21H2,1-2H3,(H,22,29)(H,23,30)(H,24,31)(H,25,26)(H,27,28)(H,32,33).